The van der Waals surface area contributed by atoms with E-state index in [-0.39, 0.29) is 5.41 Å². The lowest BCUT2D eigenvalue weighted by Crippen LogP contribution is -2.16. The normalized spacial score (nSPS) is 13.3. The molecule has 1 nitrogen and oxygen atoms in total. The highest BCUT2D eigenvalue weighted by molar-refractivity contribution is 9.11. The summed E-state index contributed by atoms with van der Waals surface area (Å²) >= 11 is 5.44. The smallest absolute Gasteiger partial charge is 0.0776 e. The Morgan fingerprint density at radius 1 is 0.548 bits per heavy atom. The van der Waals surface area contributed by atoms with Gasteiger partial charge in [0.25, 0.3) is 0 Å². The van der Waals surface area contributed by atoms with Gasteiger partial charge in [0, 0.05) is 28.0 Å². The van der Waals surface area contributed by atoms with Gasteiger partial charge < -0.3 is 4.90 Å². The van der Waals surface area contributed by atoms with Crippen LogP contribution in [0.4, 0.5) is 17.1 Å². The predicted octanol–water partition coefficient (Wildman–Crippen LogP) is 12.3. The van der Waals surface area contributed by atoms with Gasteiger partial charge in [-0.1, -0.05) is 98.8 Å². The number of hydrogen-bond acceptors (Lipinski definition) is 2. The van der Waals surface area contributed by atoms with Crippen LogP contribution < -0.4 is 4.90 Å². The second-order valence-electron chi connectivity index (χ2n) is 11.6. The van der Waals surface area contributed by atoms with Crippen molar-refractivity contribution in [2.24, 2.45) is 0 Å². The van der Waals surface area contributed by atoms with Crippen LogP contribution in [0, 0.1) is 0 Å². The van der Waals surface area contributed by atoms with Crippen LogP contribution in [0.1, 0.15) is 25.0 Å². The molecule has 0 aliphatic heterocycles. The number of thiophene rings is 1. The number of rotatable bonds is 4. The number of hydrogen-bond donors (Lipinski definition) is 0. The number of nitrogens with zero attached hydrogens (tertiary/aromatic N) is 1. The van der Waals surface area contributed by atoms with E-state index >= 15 is 0 Å². The minimum atomic E-state index is -0.0672. The molecule has 1 aliphatic rings. The first-order valence-corrected chi connectivity index (χ1v) is 16.0. The van der Waals surface area contributed by atoms with E-state index in [2.05, 4.69) is 167 Å². The van der Waals surface area contributed by atoms with Gasteiger partial charge in [0.1, 0.15) is 0 Å². The number of halogens is 1. The molecule has 3 heteroatoms. The van der Waals surface area contributed by atoms with Crippen molar-refractivity contribution in [1.82, 2.24) is 0 Å². The van der Waals surface area contributed by atoms with E-state index in [0.29, 0.717) is 0 Å². The van der Waals surface area contributed by atoms with Gasteiger partial charge in [-0.2, -0.15) is 0 Å². The van der Waals surface area contributed by atoms with Crippen molar-refractivity contribution in [1.29, 1.82) is 0 Å². The van der Waals surface area contributed by atoms with Crippen LogP contribution in [0.25, 0.3) is 43.8 Å². The highest BCUT2D eigenvalue weighted by Crippen LogP contribution is 2.50. The van der Waals surface area contributed by atoms with Crippen LogP contribution in [0.15, 0.2) is 137 Å². The second-order valence-corrected chi connectivity index (χ2v) is 13.8. The summed E-state index contributed by atoms with van der Waals surface area (Å²) in [5, 5.41) is 7.18. The van der Waals surface area contributed by atoms with Crippen molar-refractivity contribution in [3.8, 4) is 22.3 Å². The standard InChI is InChI=1S/C39H28BrNS/c1-39(2)36-10-6-5-9-33(36)34-20-19-30(24-37(34)39)41(28-16-13-26(14-17-28)32-21-22-42-38(32)40)29-18-15-27-12-11-25-7-3-4-8-31(25)35(27)23-29/h3-24H,1-2H3. The van der Waals surface area contributed by atoms with Crippen molar-refractivity contribution in [2.45, 2.75) is 19.3 Å². The summed E-state index contributed by atoms with van der Waals surface area (Å²) < 4.78 is 1.16. The fourth-order valence-corrected chi connectivity index (χ4v) is 8.02. The van der Waals surface area contributed by atoms with Crippen LogP contribution in [0.2, 0.25) is 0 Å². The lowest BCUT2D eigenvalue weighted by atomic mass is 9.82. The molecule has 0 N–H and O–H groups in total. The summed E-state index contributed by atoms with van der Waals surface area (Å²) in [4.78, 5) is 2.41. The van der Waals surface area contributed by atoms with Gasteiger partial charge in [-0.25, -0.2) is 0 Å². The highest BCUT2D eigenvalue weighted by atomic mass is 79.9. The van der Waals surface area contributed by atoms with E-state index in [1.54, 1.807) is 11.3 Å². The number of anilines is 3. The molecular weight excluding hydrogens is 594 g/mol. The third kappa shape index (κ3) is 3.95. The molecule has 42 heavy (non-hydrogen) atoms. The third-order valence-corrected chi connectivity index (χ3v) is 10.6. The van der Waals surface area contributed by atoms with Gasteiger partial charge >= 0.3 is 0 Å². The van der Waals surface area contributed by atoms with Gasteiger partial charge in [-0.05, 0) is 113 Å². The zero-order valence-electron chi connectivity index (χ0n) is 23.4. The minimum Gasteiger partial charge on any atom is -0.310 e. The third-order valence-electron chi connectivity index (χ3n) is 8.87. The quantitative estimate of drug-likeness (QED) is 0.177. The zero-order chi connectivity index (χ0) is 28.4. The van der Waals surface area contributed by atoms with E-state index in [0.717, 1.165) is 15.2 Å². The Kier molecular flexibility index (Phi) is 5.89. The van der Waals surface area contributed by atoms with Gasteiger partial charge in [-0.15, -0.1) is 11.3 Å². The Morgan fingerprint density at radius 2 is 1.19 bits per heavy atom. The maximum absolute atomic E-state index is 3.73. The maximum Gasteiger partial charge on any atom is 0.0776 e. The van der Waals surface area contributed by atoms with E-state index < -0.39 is 0 Å². The summed E-state index contributed by atoms with van der Waals surface area (Å²) in [5.74, 6) is 0. The SMILES string of the molecule is CC1(C)c2ccccc2-c2ccc(N(c3ccc(-c4ccsc4Br)cc3)c3ccc4ccc5ccccc5c4c3)cc21. The van der Waals surface area contributed by atoms with E-state index in [4.69, 9.17) is 0 Å². The number of fused-ring (bicyclic) bond motifs is 6. The second kappa shape index (κ2) is 9.69. The fraction of sp³-hybridized carbons (Fsp3) is 0.0769. The average Bonchev–Trinajstić information content (AvgIpc) is 3.56. The van der Waals surface area contributed by atoms with Crippen LogP contribution >= 0.6 is 27.3 Å². The summed E-state index contributed by atoms with van der Waals surface area (Å²) in [6.07, 6.45) is 0. The molecule has 0 unspecified atom stereocenters. The van der Waals surface area contributed by atoms with Crippen LogP contribution in [0.5, 0.6) is 0 Å². The first-order valence-electron chi connectivity index (χ1n) is 14.3. The van der Waals surface area contributed by atoms with Gasteiger partial charge in [0.2, 0.25) is 0 Å². The van der Waals surface area contributed by atoms with Crippen molar-refractivity contribution in [3.63, 3.8) is 0 Å². The van der Waals surface area contributed by atoms with Gasteiger partial charge in [0.15, 0.2) is 0 Å². The van der Waals surface area contributed by atoms with Crippen molar-refractivity contribution in [2.75, 3.05) is 4.90 Å². The van der Waals surface area contributed by atoms with Crippen LogP contribution in [-0.2, 0) is 5.41 Å². The zero-order valence-corrected chi connectivity index (χ0v) is 25.8. The summed E-state index contributed by atoms with van der Waals surface area (Å²) in [6, 6.07) is 47.0. The molecule has 0 saturated carbocycles. The fourth-order valence-electron chi connectivity index (χ4n) is 6.70. The number of benzene rings is 6. The first-order chi connectivity index (χ1) is 20.5. The van der Waals surface area contributed by atoms with E-state index in [1.807, 2.05) is 0 Å². The Labute approximate surface area is 258 Å². The van der Waals surface area contributed by atoms with Crippen molar-refractivity contribution in [3.05, 3.63) is 148 Å². The predicted molar refractivity (Wildman–Crippen MR) is 185 cm³/mol. The molecule has 0 radical (unpaired) electrons. The largest absolute Gasteiger partial charge is 0.310 e. The Morgan fingerprint density at radius 3 is 2.00 bits per heavy atom. The van der Waals surface area contributed by atoms with Crippen LogP contribution in [-0.4, -0.2) is 0 Å². The highest BCUT2D eigenvalue weighted by Gasteiger charge is 2.35. The Hall–Kier alpha value is -4.18. The molecule has 6 aromatic carbocycles. The Balaban J connectivity index is 1.33. The molecule has 202 valence electrons. The molecule has 0 atom stereocenters. The lowest BCUT2D eigenvalue weighted by Gasteiger charge is -2.28. The molecule has 1 heterocycles. The molecule has 0 saturated heterocycles. The first kappa shape index (κ1) is 25.5. The summed E-state index contributed by atoms with van der Waals surface area (Å²) in [5.41, 5.74) is 11.3. The molecule has 7 aromatic rings. The topological polar surface area (TPSA) is 3.24 Å². The Bertz CT molecular complexity index is 2140. The van der Waals surface area contributed by atoms with E-state index in [9.17, 15) is 0 Å². The maximum atomic E-state index is 3.73. The molecule has 1 aromatic heterocycles. The van der Waals surface area contributed by atoms with Crippen molar-refractivity contribution < 1.29 is 0 Å². The molecule has 0 fully saturated rings. The van der Waals surface area contributed by atoms with E-state index in [1.165, 1.54) is 60.6 Å². The molecule has 0 bridgehead atoms. The van der Waals surface area contributed by atoms with Gasteiger partial charge in [-0.3, -0.25) is 0 Å². The average molecular weight is 623 g/mol. The summed E-state index contributed by atoms with van der Waals surface area (Å²) in [6.45, 7) is 4.70. The molecule has 0 amide bonds. The lowest BCUT2D eigenvalue weighted by molar-refractivity contribution is 0.660. The monoisotopic (exact) mass is 621 g/mol. The molecule has 1 aliphatic carbocycles. The molecule has 0 spiro atoms. The molecular formula is C39H28BrNS. The summed E-state index contributed by atoms with van der Waals surface area (Å²) in [7, 11) is 0. The minimum absolute atomic E-state index is 0.0672. The van der Waals surface area contributed by atoms with Crippen LogP contribution in [0.3, 0.4) is 0 Å². The molecule has 8 rings (SSSR count). The van der Waals surface area contributed by atoms with Crippen molar-refractivity contribution >= 4 is 65.9 Å². The van der Waals surface area contributed by atoms with Gasteiger partial charge in [0.05, 0.1) is 3.79 Å².